The van der Waals surface area contributed by atoms with Crippen LogP contribution in [0.5, 0.6) is 0 Å². The van der Waals surface area contributed by atoms with Crippen molar-refractivity contribution in [1.82, 2.24) is 4.98 Å². The molecule has 0 N–H and O–H groups in total. The standard InChI is InChI=1S/C12H12ClNS/c1-2-9-4-3-5-10(6-9)12-14-11(7-13)8-15-12/h3-6,8H,2,7H2,1H3. The first-order chi connectivity index (χ1) is 7.33. The van der Waals surface area contributed by atoms with Crippen molar-refractivity contribution in [2.75, 3.05) is 0 Å². The van der Waals surface area contributed by atoms with Crippen LogP contribution in [0.1, 0.15) is 18.2 Å². The van der Waals surface area contributed by atoms with E-state index in [4.69, 9.17) is 11.6 Å². The first kappa shape index (κ1) is 10.7. The summed E-state index contributed by atoms with van der Waals surface area (Å²) >= 11 is 7.38. The molecule has 2 rings (SSSR count). The van der Waals surface area contributed by atoms with E-state index in [0.29, 0.717) is 5.88 Å². The minimum Gasteiger partial charge on any atom is -0.240 e. The van der Waals surface area contributed by atoms with Gasteiger partial charge in [0.2, 0.25) is 0 Å². The van der Waals surface area contributed by atoms with Crippen molar-refractivity contribution in [2.45, 2.75) is 19.2 Å². The van der Waals surface area contributed by atoms with Crippen molar-refractivity contribution in [3.05, 3.63) is 40.9 Å². The van der Waals surface area contributed by atoms with Gasteiger partial charge >= 0.3 is 0 Å². The Balaban J connectivity index is 2.35. The van der Waals surface area contributed by atoms with Gasteiger partial charge in [0, 0.05) is 10.9 Å². The second-order valence-electron chi connectivity index (χ2n) is 3.33. The number of alkyl halides is 1. The van der Waals surface area contributed by atoms with E-state index >= 15 is 0 Å². The van der Waals surface area contributed by atoms with E-state index in [1.807, 2.05) is 5.38 Å². The highest BCUT2D eigenvalue weighted by Crippen LogP contribution is 2.25. The molecule has 0 fully saturated rings. The Morgan fingerprint density at radius 2 is 2.27 bits per heavy atom. The number of thiazole rings is 1. The Morgan fingerprint density at radius 1 is 1.40 bits per heavy atom. The maximum Gasteiger partial charge on any atom is 0.123 e. The van der Waals surface area contributed by atoms with Crippen molar-refractivity contribution in [3.63, 3.8) is 0 Å². The van der Waals surface area contributed by atoms with E-state index < -0.39 is 0 Å². The molecule has 3 heteroatoms. The molecule has 0 atom stereocenters. The molecule has 0 spiro atoms. The fourth-order valence-electron chi connectivity index (χ4n) is 1.43. The third kappa shape index (κ3) is 2.39. The van der Waals surface area contributed by atoms with Crippen LogP contribution in [0.25, 0.3) is 10.6 Å². The van der Waals surface area contributed by atoms with Crippen LogP contribution in [0.4, 0.5) is 0 Å². The zero-order valence-corrected chi connectivity index (χ0v) is 10.1. The van der Waals surface area contributed by atoms with Gasteiger partial charge in [0.15, 0.2) is 0 Å². The number of aromatic nitrogens is 1. The number of halogens is 1. The Kier molecular flexibility index (Phi) is 3.39. The van der Waals surface area contributed by atoms with Crippen molar-refractivity contribution in [1.29, 1.82) is 0 Å². The van der Waals surface area contributed by atoms with Crippen LogP contribution >= 0.6 is 22.9 Å². The van der Waals surface area contributed by atoms with Gasteiger partial charge in [0.1, 0.15) is 5.01 Å². The topological polar surface area (TPSA) is 12.9 Å². The summed E-state index contributed by atoms with van der Waals surface area (Å²) in [7, 11) is 0. The van der Waals surface area contributed by atoms with Gasteiger partial charge in [0.05, 0.1) is 11.6 Å². The molecule has 1 aromatic heterocycles. The molecule has 0 bridgehead atoms. The van der Waals surface area contributed by atoms with Gasteiger partial charge in [-0.25, -0.2) is 4.98 Å². The van der Waals surface area contributed by atoms with E-state index in [1.165, 1.54) is 11.1 Å². The highest BCUT2D eigenvalue weighted by atomic mass is 35.5. The molecule has 15 heavy (non-hydrogen) atoms. The maximum absolute atomic E-state index is 5.73. The summed E-state index contributed by atoms with van der Waals surface area (Å²) in [6.45, 7) is 2.16. The van der Waals surface area contributed by atoms with Crippen LogP contribution in [0, 0.1) is 0 Å². The van der Waals surface area contributed by atoms with Gasteiger partial charge in [-0.05, 0) is 18.1 Å². The molecular formula is C12H12ClNS. The van der Waals surface area contributed by atoms with Gasteiger partial charge in [-0.2, -0.15) is 0 Å². The molecule has 0 saturated heterocycles. The smallest absolute Gasteiger partial charge is 0.123 e. The normalized spacial score (nSPS) is 10.5. The fourth-order valence-corrected chi connectivity index (χ4v) is 2.47. The lowest BCUT2D eigenvalue weighted by atomic mass is 10.1. The monoisotopic (exact) mass is 237 g/mol. The number of nitrogens with zero attached hydrogens (tertiary/aromatic N) is 1. The first-order valence-electron chi connectivity index (χ1n) is 4.93. The number of benzene rings is 1. The van der Waals surface area contributed by atoms with Gasteiger partial charge < -0.3 is 0 Å². The van der Waals surface area contributed by atoms with Crippen LogP contribution in [0.15, 0.2) is 29.6 Å². The van der Waals surface area contributed by atoms with E-state index in [2.05, 4.69) is 36.2 Å². The van der Waals surface area contributed by atoms with E-state index in [0.717, 1.165) is 17.1 Å². The Bertz CT molecular complexity index is 450. The predicted octanol–water partition coefficient (Wildman–Crippen LogP) is 4.11. The third-order valence-electron chi connectivity index (χ3n) is 2.27. The largest absolute Gasteiger partial charge is 0.240 e. The zero-order chi connectivity index (χ0) is 10.7. The van der Waals surface area contributed by atoms with E-state index in [-0.39, 0.29) is 0 Å². The van der Waals surface area contributed by atoms with Crippen LogP contribution in [0.2, 0.25) is 0 Å². The molecule has 78 valence electrons. The Labute approximate surface area is 98.7 Å². The van der Waals surface area contributed by atoms with Crippen molar-refractivity contribution < 1.29 is 0 Å². The lowest BCUT2D eigenvalue weighted by Crippen LogP contribution is -1.83. The molecule has 0 aliphatic rings. The predicted molar refractivity (Wildman–Crippen MR) is 66.5 cm³/mol. The molecule has 0 aliphatic heterocycles. The molecular weight excluding hydrogens is 226 g/mol. The molecule has 1 heterocycles. The van der Waals surface area contributed by atoms with Crippen LogP contribution < -0.4 is 0 Å². The van der Waals surface area contributed by atoms with Crippen LogP contribution in [-0.4, -0.2) is 4.98 Å². The minimum absolute atomic E-state index is 0.490. The van der Waals surface area contributed by atoms with E-state index in [9.17, 15) is 0 Å². The lowest BCUT2D eigenvalue weighted by molar-refractivity contribution is 1.14. The highest BCUT2D eigenvalue weighted by Gasteiger charge is 2.04. The van der Waals surface area contributed by atoms with Gasteiger partial charge in [-0.1, -0.05) is 25.1 Å². The highest BCUT2D eigenvalue weighted by molar-refractivity contribution is 7.13. The molecule has 0 radical (unpaired) electrons. The summed E-state index contributed by atoms with van der Waals surface area (Å²) in [5.74, 6) is 0.490. The average molecular weight is 238 g/mol. The summed E-state index contributed by atoms with van der Waals surface area (Å²) in [4.78, 5) is 4.46. The van der Waals surface area contributed by atoms with Crippen molar-refractivity contribution in [3.8, 4) is 10.6 Å². The molecule has 0 aliphatic carbocycles. The lowest BCUT2D eigenvalue weighted by Gasteiger charge is -1.99. The van der Waals surface area contributed by atoms with Gasteiger partial charge in [-0.15, -0.1) is 22.9 Å². The molecule has 0 saturated carbocycles. The second-order valence-corrected chi connectivity index (χ2v) is 4.46. The molecule has 1 nitrogen and oxygen atoms in total. The summed E-state index contributed by atoms with van der Waals surface area (Å²) in [5.41, 5.74) is 3.49. The van der Waals surface area contributed by atoms with Crippen LogP contribution in [-0.2, 0) is 12.3 Å². The van der Waals surface area contributed by atoms with Crippen molar-refractivity contribution in [2.24, 2.45) is 0 Å². The van der Waals surface area contributed by atoms with Crippen molar-refractivity contribution >= 4 is 22.9 Å². The fraction of sp³-hybridized carbons (Fsp3) is 0.250. The number of hydrogen-bond donors (Lipinski definition) is 0. The number of hydrogen-bond acceptors (Lipinski definition) is 2. The maximum atomic E-state index is 5.73. The number of aryl methyl sites for hydroxylation is 1. The third-order valence-corrected chi connectivity index (χ3v) is 3.48. The molecule has 0 amide bonds. The second kappa shape index (κ2) is 4.77. The SMILES string of the molecule is CCc1cccc(-c2nc(CCl)cs2)c1. The van der Waals surface area contributed by atoms with Gasteiger partial charge in [0.25, 0.3) is 0 Å². The Morgan fingerprint density at radius 3 is 2.93 bits per heavy atom. The van der Waals surface area contributed by atoms with Gasteiger partial charge in [-0.3, -0.25) is 0 Å². The summed E-state index contributed by atoms with van der Waals surface area (Å²) in [5, 5.41) is 3.07. The minimum atomic E-state index is 0.490. The quantitative estimate of drug-likeness (QED) is 0.732. The van der Waals surface area contributed by atoms with Crippen LogP contribution in [0.3, 0.4) is 0 Å². The zero-order valence-electron chi connectivity index (χ0n) is 8.53. The number of rotatable bonds is 3. The summed E-state index contributed by atoms with van der Waals surface area (Å²) in [6, 6.07) is 8.50. The molecule has 1 aromatic carbocycles. The average Bonchev–Trinajstić information content (AvgIpc) is 2.78. The van der Waals surface area contributed by atoms with E-state index in [1.54, 1.807) is 11.3 Å². The Hall–Kier alpha value is -0.860. The first-order valence-corrected chi connectivity index (χ1v) is 6.34. The molecule has 2 aromatic rings. The molecule has 0 unspecified atom stereocenters. The summed E-state index contributed by atoms with van der Waals surface area (Å²) in [6.07, 6.45) is 1.06. The summed E-state index contributed by atoms with van der Waals surface area (Å²) < 4.78 is 0.